The standard InChI is InChI=1S/C22H30N4O3S/c1-15-11-18(22(4,5)6)12-16(2)20(15)30(28,29)26-9-7-25(8-10-26)21(27)19-14-23-17(3)13-24-19/h11-14H,7-10H2,1-6H3. The molecular weight excluding hydrogens is 400 g/mol. The average molecular weight is 431 g/mol. The summed E-state index contributed by atoms with van der Waals surface area (Å²) in [7, 11) is -3.64. The summed E-state index contributed by atoms with van der Waals surface area (Å²) in [6.07, 6.45) is 3.02. The molecule has 2 aromatic rings. The van der Waals surface area contributed by atoms with Crippen molar-refractivity contribution in [3.8, 4) is 0 Å². The SMILES string of the molecule is Cc1cnc(C(=O)N2CCN(S(=O)(=O)c3c(C)cc(C(C)(C)C)cc3C)CC2)cn1. The fraction of sp³-hybridized carbons (Fsp3) is 0.500. The number of aromatic nitrogens is 2. The van der Waals surface area contributed by atoms with Gasteiger partial charge in [-0.3, -0.25) is 9.78 Å². The minimum atomic E-state index is -3.64. The highest BCUT2D eigenvalue weighted by molar-refractivity contribution is 7.89. The number of nitrogens with zero attached hydrogens (tertiary/aromatic N) is 4. The Morgan fingerprint density at radius 3 is 1.97 bits per heavy atom. The maximum Gasteiger partial charge on any atom is 0.274 e. The highest BCUT2D eigenvalue weighted by atomic mass is 32.2. The summed E-state index contributed by atoms with van der Waals surface area (Å²) in [5.74, 6) is -0.221. The van der Waals surface area contributed by atoms with Gasteiger partial charge in [-0.15, -0.1) is 0 Å². The van der Waals surface area contributed by atoms with Gasteiger partial charge in [-0.25, -0.2) is 13.4 Å². The molecule has 0 N–H and O–H groups in total. The first kappa shape index (κ1) is 22.4. The van der Waals surface area contributed by atoms with E-state index in [1.165, 1.54) is 10.5 Å². The van der Waals surface area contributed by atoms with E-state index >= 15 is 0 Å². The molecule has 1 amide bonds. The number of hydrogen-bond donors (Lipinski definition) is 0. The Labute approximate surface area is 179 Å². The normalized spacial score (nSPS) is 16.0. The molecule has 1 aliphatic heterocycles. The molecule has 0 atom stereocenters. The van der Waals surface area contributed by atoms with Crippen LogP contribution >= 0.6 is 0 Å². The summed E-state index contributed by atoms with van der Waals surface area (Å²) < 4.78 is 28.2. The van der Waals surface area contributed by atoms with Crippen LogP contribution in [0.5, 0.6) is 0 Å². The van der Waals surface area contributed by atoms with E-state index < -0.39 is 10.0 Å². The van der Waals surface area contributed by atoms with Crippen LogP contribution in [0.25, 0.3) is 0 Å². The van der Waals surface area contributed by atoms with Gasteiger partial charge in [0, 0.05) is 32.4 Å². The van der Waals surface area contributed by atoms with Crippen LogP contribution in [-0.2, 0) is 15.4 Å². The largest absolute Gasteiger partial charge is 0.335 e. The maximum absolute atomic E-state index is 13.4. The summed E-state index contributed by atoms with van der Waals surface area (Å²) in [5.41, 5.74) is 3.60. The Morgan fingerprint density at radius 1 is 0.933 bits per heavy atom. The zero-order chi connectivity index (χ0) is 22.3. The molecule has 3 rings (SSSR count). The molecule has 1 saturated heterocycles. The lowest BCUT2D eigenvalue weighted by Gasteiger charge is -2.34. The summed E-state index contributed by atoms with van der Waals surface area (Å²) in [5, 5.41) is 0. The van der Waals surface area contributed by atoms with E-state index in [2.05, 4.69) is 30.7 Å². The fourth-order valence-electron chi connectivity index (χ4n) is 3.72. The van der Waals surface area contributed by atoms with Crippen LogP contribution in [0.1, 0.15) is 53.6 Å². The van der Waals surface area contributed by atoms with Crippen LogP contribution in [0.4, 0.5) is 0 Å². The van der Waals surface area contributed by atoms with Crippen LogP contribution in [0, 0.1) is 20.8 Å². The first-order valence-corrected chi connectivity index (χ1v) is 11.5. The van der Waals surface area contributed by atoms with Crippen molar-refractivity contribution in [1.29, 1.82) is 0 Å². The first-order valence-electron chi connectivity index (χ1n) is 10.1. The third kappa shape index (κ3) is 4.39. The molecule has 0 spiro atoms. The van der Waals surface area contributed by atoms with Crippen molar-refractivity contribution in [3.63, 3.8) is 0 Å². The molecule has 30 heavy (non-hydrogen) atoms. The van der Waals surface area contributed by atoms with Crippen LogP contribution in [-0.4, -0.2) is 59.7 Å². The van der Waals surface area contributed by atoms with Crippen molar-refractivity contribution in [2.45, 2.75) is 51.9 Å². The summed E-state index contributed by atoms with van der Waals surface area (Å²) in [4.78, 5) is 22.9. The molecule has 0 aliphatic carbocycles. The molecule has 162 valence electrons. The van der Waals surface area contributed by atoms with Crippen LogP contribution in [0.3, 0.4) is 0 Å². The van der Waals surface area contributed by atoms with Crippen molar-refractivity contribution in [2.24, 2.45) is 0 Å². The number of benzene rings is 1. The average Bonchev–Trinajstić information content (AvgIpc) is 2.66. The third-order valence-corrected chi connectivity index (χ3v) is 7.65. The Kier molecular flexibility index (Phi) is 6.02. The minimum Gasteiger partial charge on any atom is -0.335 e. The van der Waals surface area contributed by atoms with Gasteiger partial charge < -0.3 is 4.90 Å². The van der Waals surface area contributed by atoms with Gasteiger partial charge in [0.1, 0.15) is 5.69 Å². The number of carbonyl (C=O) groups is 1. The molecule has 0 unspecified atom stereocenters. The molecule has 2 heterocycles. The molecule has 0 radical (unpaired) electrons. The molecule has 7 nitrogen and oxygen atoms in total. The second kappa shape index (κ2) is 8.07. The number of hydrogen-bond acceptors (Lipinski definition) is 5. The van der Waals surface area contributed by atoms with Gasteiger partial charge in [0.05, 0.1) is 16.8 Å². The summed E-state index contributed by atoms with van der Waals surface area (Å²) in [6.45, 7) is 13.0. The van der Waals surface area contributed by atoms with E-state index in [1.807, 2.05) is 32.9 Å². The van der Waals surface area contributed by atoms with Gasteiger partial charge in [0.25, 0.3) is 5.91 Å². The molecular formula is C22H30N4O3S. The monoisotopic (exact) mass is 430 g/mol. The van der Waals surface area contributed by atoms with Gasteiger partial charge >= 0.3 is 0 Å². The molecule has 1 aromatic carbocycles. The number of aryl methyl sites for hydroxylation is 3. The first-order chi connectivity index (χ1) is 13.9. The maximum atomic E-state index is 13.4. The Bertz CT molecular complexity index is 1030. The highest BCUT2D eigenvalue weighted by Gasteiger charge is 2.33. The molecule has 1 fully saturated rings. The van der Waals surface area contributed by atoms with Crippen molar-refractivity contribution in [1.82, 2.24) is 19.2 Å². The molecule has 1 aliphatic rings. The fourth-order valence-corrected chi connectivity index (χ4v) is 5.55. The number of amides is 1. The number of carbonyl (C=O) groups excluding carboxylic acids is 1. The van der Waals surface area contributed by atoms with Crippen LogP contribution in [0.15, 0.2) is 29.4 Å². The van der Waals surface area contributed by atoms with Gasteiger partial charge in [-0.1, -0.05) is 32.9 Å². The number of rotatable bonds is 3. The van der Waals surface area contributed by atoms with Gasteiger partial charge in [0.2, 0.25) is 10.0 Å². The smallest absolute Gasteiger partial charge is 0.274 e. The third-order valence-electron chi connectivity index (χ3n) is 5.45. The lowest BCUT2D eigenvalue weighted by Crippen LogP contribution is -2.50. The van der Waals surface area contributed by atoms with Crippen molar-refractivity contribution in [2.75, 3.05) is 26.2 Å². The molecule has 8 heteroatoms. The Balaban J connectivity index is 1.78. The highest BCUT2D eigenvalue weighted by Crippen LogP contribution is 2.31. The van der Waals surface area contributed by atoms with Crippen molar-refractivity contribution < 1.29 is 13.2 Å². The van der Waals surface area contributed by atoms with E-state index in [0.717, 1.165) is 22.4 Å². The van der Waals surface area contributed by atoms with Crippen molar-refractivity contribution in [3.05, 3.63) is 52.6 Å². The van der Waals surface area contributed by atoms with E-state index in [9.17, 15) is 13.2 Å². The molecule has 0 saturated carbocycles. The Morgan fingerprint density at radius 2 is 1.50 bits per heavy atom. The van der Waals surface area contributed by atoms with Crippen molar-refractivity contribution >= 4 is 15.9 Å². The predicted octanol–water partition coefficient (Wildman–Crippen LogP) is 2.85. The number of piperazine rings is 1. The topological polar surface area (TPSA) is 83.5 Å². The van der Waals surface area contributed by atoms with Crippen LogP contribution in [0.2, 0.25) is 0 Å². The molecule has 0 bridgehead atoms. The summed E-state index contributed by atoms with van der Waals surface area (Å²) >= 11 is 0. The lowest BCUT2D eigenvalue weighted by atomic mass is 9.85. The zero-order valence-electron chi connectivity index (χ0n) is 18.6. The van der Waals surface area contributed by atoms with Gasteiger partial charge in [0.15, 0.2) is 0 Å². The zero-order valence-corrected chi connectivity index (χ0v) is 19.4. The summed E-state index contributed by atoms with van der Waals surface area (Å²) in [6, 6.07) is 3.94. The van der Waals surface area contributed by atoms with Crippen LogP contribution < -0.4 is 0 Å². The predicted molar refractivity (Wildman–Crippen MR) is 116 cm³/mol. The quantitative estimate of drug-likeness (QED) is 0.748. The number of sulfonamides is 1. The molecule has 1 aromatic heterocycles. The van der Waals surface area contributed by atoms with E-state index in [0.29, 0.717) is 18.0 Å². The van der Waals surface area contributed by atoms with E-state index in [-0.39, 0.29) is 30.1 Å². The Hall–Kier alpha value is -2.32. The van der Waals surface area contributed by atoms with E-state index in [1.54, 1.807) is 11.1 Å². The van der Waals surface area contributed by atoms with Gasteiger partial charge in [-0.2, -0.15) is 4.31 Å². The second-order valence-corrected chi connectivity index (χ2v) is 10.8. The minimum absolute atomic E-state index is 0.0529. The van der Waals surface area contributed by atoms with E-state index in [4.69, 9.17) is 0 Å². The second-order valence-electron chi connectivity index (χ2n) is 8.93. The van der Waals surface area contributed by atoms with Gasteiger partial charge in [-0.05, 0) is 42.9 Å². The lowest BCUT2D eigenvalue weighted by molar-refractivity contribution is 0.0691.